The number of amides is 2. The molecule has 12 heteroatoms. The van der Waals surface area contributed by atoms with E-state index in [1.54, 1.807) is 61.5 Å². The Balaban J connectivity index is 2.07. The topological polar surface area (TPSA) is 96.0 Å². The smallest absolute Gasteiger partial charge is 0.264 e. The fourth-order valence-electron chi connectivity index (χ4n) is 4.17. The van der Waals surface area contributed by atoms with Crippen molar-refractivity contribution in [2.24, 2.45) is 0 Å². The number of sulfonamides is 1. The Bertz CT molecular complexity index is 1530. The monoisotopic (exact) mass is 665 g/mol. The van der Waals surface area contributed by atoms with Crippen LogP contribution in [-0.2, 0) is 26.2 Å². The highest BCUT2D eigenvalue weighted by Crippen LogP contribution is 2.29. The van der Waals surface area contributed by atoms with Crippen molar-refractivity contribution in [3.63, 3.8) is 0 Å². The lowest BCUT2D eigenvalue weighted by atomic mass is 10.1. The molecule has 0 spiro atoms. The van der Waals surface area contributed by atoms with Gasteiger partial charge in [0.05, 0.1) is 17.2 Å². The predicted octanol–water partition coefficient (Wildman–Crippen LogP) is 6.64. The van der Waals surface area contributed by atoms with Gasteiger partial charge in [-0.1, -0.05) is 29.3 Å². The number of benzene rings is 3. The highest BCUT2D eigenvalue weighted by atomic mass is 35.5. The molecule has 232 valence electrons. The van der Waals surface area contributed by atoms with E-state index in [-0.39, 0.29) is 17.1 Å². The molecule has 0 aromatic heterocycles. The second kappa shape index (κ2) is 14.7. The van der Waals surface area contributed by atoms with Crippen LogP contribution >= 0.6 is 35.0 Å². The van der Waals surface area contributed by atoms with E-state index in [4.69, 9.17) is 27.9 Å². The molecule has 0 unspecified atom stereocenters. The zero-order valence-corrected chi connectivity index (χ0v) is 28.2. The minimum absolute atomic E-state index is 0.0257. The molecule has 3 aromatic rings. The van der Waals surface area contributed by atoms with E-state index in [1.165, 1.54) is 28.8 Å². The summed E-state index contributed by atoms with van der Waals surface area (Å²) in [5, 5.41) is 3.64. The Kier molecular flexibility index (Phi) is 11.8. The Labute approximate surface area is 268 Å². The van der Waals surface area contributed by atoms with Crippen LogP contribution in [0.2, 0.25) is 10.0 Å². The molecule has 0 radical (unpaired) electrons. The van der Waals surface area contributed by atoms with Gasteiger partial charge in [0, 0.05) is 27.0 Å². The number of ether oxygens (including phenoxy) is 1. The third kappa shape index (κ3) is 9.28. The first-order chi connectivity index (χ1) is 20.2. The van der Waals surface area contributed by atoms with E-state index in [0.29, 0.717) is 28.0 Å². The summed E-state index contributed by atoms with van der Waals surface area (Å²) in [4.78, 5) is 29.6. The van der Waals surface area contributed by atoms with Crippen LogP contribution in [0.1, 0.15) is 40.2 Å². The Morgan fingerprint density at radius 1 is 1.00 bits per heavy atom. The molecule has 0 aliphatic rings. The first-order valence-electron chi connectivity index (χ1n) is 13.6. The molecule has 1 atom stereocenters. The van der Waals surface area contributed by atoms with Crippen molar-refractivity contribution in [3.8, 4) is 5.75 Å². The van der Waals surface area contributed by atoms with Crippen LogP contribution in [-0.4, -0.2) is 56.1 Å². The molecule has 3 aromatic carbocycles. The normalized spacial score (nSPS) is 12.4. The van der Waals surface area contributed by atoms with Crippen LogP contribution in [0.4, 0.5) is 5.69 Å². The molecule has 43 heavy (non-hydrogen) atoms. The van der Waals surface area contributed by atoms with Gasteiger partial charge in [0.2, 0.25) is 11.8 Å². The molecule has 0 fully saturated rings. The third-order valence-electron chi connectivity index (χ3n) is 6.38. The average Bonchev–Trinajstić information content (AvgIpc) is 2.95. The largest absolute Gasteiger partial charge is 0.494 e. The molecule has 0 bridgehead atoms. The van der Waals surface area contributed by atoms with Crippen LogP contribution in [0.15, 0.2) is 76.5 Å². The quantitative estimate of drug-likeness (QED) is 0.218. The number of nitrogens with zero attached hydrogens (tertiary/aromatic N) is 2. The number of halogens is 2. The van der Waals surface area contributed by atoms with Gasteiger partial charge < -0.3 is 15.0 Å². The second-order valence-corrected chi connectivity index (χ2v) is 14.4. The van der Waals surface area contributed by atoms with Gasteiger partial charge in [0.15, 0.2) is 0 Å². The number of nitrogens with one attached hydrogen (secondary N) is 1. The van der Waals surface area contributed by atoms with Crippen molar-refractivity contribution < 1.29 is 22.7 Å². The minimum atomic E-state index is -4.20. The number of thioether (sulfide) groups is 1. The van der Waals surface area contributed by atoms with Crippen LogP contribution in [0, 0.1) is 0 Å². The first-order valence-corrected chi connectivity index (χ1v) is 17.0. The van der Waals surface area contributed by atoms with E-state index >= 15 is 0 Å². The van der Waals surface area contributed by atoms with Crippen molar-refractivity contribution in [1.29, 1.82) is 0 Å². The highest BCUT2D eigenvalue weighted by Gasteiger charge is 2.33. The second-order valence-electron chi connectivity index (χ2n) is 10.8. The molecule has 0 heterocycles. The molecule has 0 aliphatic heterocycles. The third-order valence-corrected chi connectivity index (χ3v) is 9.50. The van der Waals surface area contributed by atoms with Gasteiger partial charge >= 0.3 is 0 Å². The van der Waals surface area contributed by atoms with Gasteiger partial charge in [-0.3, -0.25) is 13.9 Å². The minimum Gasteiger partial charge on any atom is -0.494 e. The lowest BCUT2D eigenvalue weighted by Crippen LogP contribution is -2.54. The molecule has 0 aliphatic carbocycles. The van der Waals surface area contributed by atoms with Crippen LogP contribution in [0.25, 0.3) is 0 Å². The van der Waals surface area contributed by atoms with Crippen molar-refractivity contribution in [2.45, 2.75) is 62.5 Å². The summed E-state index contributed by atoms with van der Waals surface area (Å²) in [5.41, 5.74) is 0.262. The van der Waals surface area contributed by atoms with Gasteiger partial charge in [-0.25, -0.2) is 8.42 Å². The van der Waals surface area contributed by atoms with Crippen molar-refractivity contribution in [1.82, 2.24) is 10.2 Å². The number of carbonyl (C=O) groups is 2. The van der Waals surface area contributed by atoms with E-state index < -0.39 is 40.0 Å². The molecular weight excluding hydrogens is 629 g/mol. The highest BCUT2D eigenvalue weighted by molar-refractivity contribution is 7.98. The van der Waals surface area contributed by atoms with Gasteiger partial charge in [0.1, 0.15) is 18.3 Å². The standard InChI is InChI=1S/C31H37Cl2N3O5S2/c1-7-41-25-12-10-24(11-13-25)36(43(39,40)27-16-14-26(42-6)15-17-27)20-29(37)35(21(2)30(38)34-31(3,4)5)19-22-8-9-23(32)18-28(22)33/h8-18,21H,7,19-20H2,1-6H3,(H,34,38)/t21-/m1/s1. The fraction of sp³-hybridized carbons (Fsp3) is 0.355. The van der Waals surface area contributed by atoms with Gasteiger partial charge in [-0.15, -0.1) is 11.8 Å². The fourth-order valence-corrected chi connectivity index (χ4v) is 6.46. The zero-order chi connectivity index (χ0) is 31.9. The molecule has 3 rings (SSSR count). The number of carbonyl (C=O) groups excluding carboxylic acids is 2. The van der Waals surface area contributed by atoms with Gasteiger partial charge in [-0.05, 0) is 107 Å². The van der Waals surface area contributed by atoms with Crippen LogP contribution in [0.3, 0.4) is 0 Å². The van der Waals surface area contributed by atoms with Crippen molar-refractivity contribution in [3.05, 3.63) is 82.3 Å². The molecule has 2 amide bonds. The van der Waals surface area contributed by atoms with Crippen LogP contribution in [0.5, 0.6) is 5.75 Å². The van der Waals surface area contributed by atoms with Gasteiger partial charge in [0.25, 0.3) is 10.0 Å². The summed E-state index contributed by atoms with van der Waals surface area (Å²) in [6.45, 7) is 8.78. The maximum atomic E-state index is 14.1. The van der Waals surface area contributed by atoms with E-state index in [1.807, 2.05) is 34.0 Å². The SMILES string of the molecule is CCOc1ccc(N(CC(=O)N(Cc2ccc(Cl)cc2Cl)[C@H](C)C(=O)NC(C)(C)C)S(=O)(=O)c2ccc(SC)cc2)cc1. The van der Waals surface area contributed by atoms with Crippen LogP contribution < -0.4 is 14.4 Å². The number of hydrogen-bond acceptors (Lipinski definition) is 6. The van der Waals surface area contributed by atoms with Crippen molar-refractivity contribution >= 4 is 62.5 Å². The zero-order valence-electron chi connectivity index (χ0n) is 25.1. The number of hydrogen-bond donors (Lipinski definition) is 1. The van der Waals surface area contributed by atoms with E-state index in [0.717, 1.165) is 9.20 Å². The average molecular weight is 667 g/mol. The Morgan fingerprint density at radius 2 is 1.63 bits per heavy atom. The number of anilines is 1. The Hall–Kier alpha value is -2.92. The summed E-state index contributed by atoms with van der Waals surface area (Å²) < 4.78 is 34.7. The van der Waals surface area contributed by atoms with E-state index in [2.05, 4.69) is 5.32 Å². The number of rotatable bonds is 12. The lowest BCUT2D eigenvalue weighted by molar-refractivity contribution is -0.140. The maximum Gasteiger partial charge on any atom is 0.264 e. The summed E-state index contributed by atoms with van der Waals surface area (Å²) in [6, 6.07) is 16.8. The summed E-state index contributed by atoms with van der Waals surface area (Å²) in [7, 11) is -4.20. The Morgan fingerprint density at radius 3 is 2.16 bits per heavy atom. The molecule has 8 nitrogen and oxygen atoms in total. The summed E-state index contributed by atoms with van der Waals surface area (Å²) in [5.74, 6) is -0.430. The molecule has 0 saturated heterocycles. The lowest BCUT2D eigenvalue weighted by Gasteiger charge is -2.33. The van der Waals surface area contributed by atoms with Crippen molar-refractivity contribution in [2.75, 3.05) is 23.7 Å². The summed E-state index contributed by atoms with van der Waals surface area (Å²) >= 11 is 14.0. The maximum absolute atomic E-state index is 14.1. The van der Waals surface area contributed by atoms with E-state index in [9.17, 15) is 18.0 Å². The summed E-state index contributed by atoms with van der Waals surface area (Å²) in [6.07, 6.45) is 1.90. The molecular formula is C31H37Cl2N3O5S2. The first kappa shape index (κ1) is 34.6. The van der Waals surface area contributed by atoms with Gasteiger partial charge in [-0.2, -0.15) is 0 Å². The molecule has 0 saturated carbocycles. The predicted molar refractivity (Wildman–Crippen MR) is 175 cm³/mol. The molecule has 1 N–H and O–H groups in total.